The second-order valence-electron chi connectivity index (χ2n) is 5.08. The summed E-state index contributed by atoms with van der Waals surface area (Å²) < 4.78 is 5.75. The lowest BCUT2D eigenvalue weighted by molar-refractivity contribution is -0.115. The molecular formula is C15H22ClNO2. The SMILES string of the molecule is Cc1cccc(OCCC(C)C)c1NC(=O)C(C)Cl. The maximum atomic E-state index is 11.7. The van der Waals surface area contributed by atoms with E-state index in [9.17, 15) is 4.79 Å². The average molecular weight is 284 g/mol. The number of rotatable bonds is 6. The lowest BCUT2D eigenvalue weighted by Crippen LogP contribution is -2.21. The maximum absolute atomic E-state index is 11.7. The van der Waals surface area contributed by atoms with E-state index >= 15 is 0 Å². The molecule has 0 heterocycles. The molecule has 0 saturated heterocycles. The van der Waals surface area contributed by atoms with Crippen molar-refractivity contribution in [1.29, 1.82) is 0 Å². The predicted octanol–water partition coefficient (Wildman–Crippen LogP) is 3.99. The zero-order valence-electron chi connectivity index (χ0n) is 12.0. The van der Waals surface area contributed by atoms with E-state index in [1.807, 2.05) is 25.1 Å². The van der Waals surface area contributed by atoms with Crippen LogP contribution in [0.15, 0.2) is 18.2 Å². The first-order valence-corrected chi connectivity index (χ1v) is 7.02. The van der Waals surface area contributed by atoms with E-state index in [1.165, 1.54) is 0 Å². The number of ether oxygens (including phenoxy) is 1. The monoisotopic (exact) mass is 283 g/mol. The molecule has 0 spiro atoms. The molecule has 3 nitrogen and oxygen atoms in total. The number of aryl methyl sites for hydroxylation is 1. The highest BCUT2D eigenvalue weighted by atomic mass is 35.5. The molecule has 4 heteroatoms. The van der Waals surface area contributed by atoms with Crippen molar-refractivity contribution in [2.75, 3.05) is 11.9 Å². The summed E-state index contributed by atoms with van der Waals surface area (Å²) in [4.78, 5) is 11.7. The number of halogens is 1. The molecule has 0 radical (unpaired) electrons. The highest BCUT2D eigenvalue weighted by molar-refractivity contribution is 6.32. The molecule has 1 unspecified atom stereocenters. The molecule has 1 aromatic carbocycles. The van der Waals surface area contributed by atoms with E-state index in [0.29, 0.717) is 24.0 Å². The van der Waals surface area contributed by atoms with Gasteiger partial charge in [0.1, 0.15) is 11.1 Å². The Labute approximate surface area is 120 Å². The molecule has 0 aliphatic carbocycles. The number of benzene rings is 1. The number of para-hydroxylation sites is 1. The van der Waals surface area contributed by atoms with Gasteiger partial charge in [0.2, 0.25) is 5.91 Å². The molecule has 1 rings (SSSR count). The second-order valence-corrected chi connectivity index (χ2v) is 5.74. The predicted molar refractivity (Wildman–Crippen MR) is 80.1 cm³/mol. The Morgan fingerprint density at radius 2 is 2.05 bits per heavy atom. The van der Waals surface area contributed by atoms with Gasteiger partial charge in [-0.15, -0.1) is 11.6 Å². The van der Waals surface area contributed by atoms with Crippen molar-refractivity contribution in [2.24, 2.45) is 5.92 Å². The van der Waals surface area contributed by atoms with Gasteiger partial charge < -0.3 is 10.1 Å². The van der Waals surface area contributed by atoms with Crippen LogP contribution in [0.4, 0.5) is 5.69 Å². The molecule has 0 fully saturated rings. The Balaban J connectivity index is 2.80. The van der Waals surface area contributed by atoms with E-state index < -0.39 is 5.38 Å². The minimum Gasteiger partial charge on any atom is -0.491 e. The Morgan fingerprint density at radius 1 is 1.37 bits per heavy atom. The summed E-state index contributed by atoms with van der Waals surface area (Å²) in [6.45, 7) is 8.52. The minimum atomic E-state index is -0.567. The highest BCUT2D eigenvalue weighted by Crippen LogP contribution is 2.28. The summed E-state index contributed by atoms with van der Waals surface area (Å²) >= 11 is 5.78. The van der Waals surface area contributed by atoms with Crippen molar-refractivity contribution < 1.29 is 9.53 Å². The van der Waals surface area contributed by atoms with Crippen molar-refractivity contribution in [1.82, 2.24) is 0 Å². The fourth-order valence-corrected chi connectivity index (χ4v) is 1.60. The van der Waals surface area contributed by atoms with Crippen LogP contribution in [0.3, 0.4) is 0 Å². The van der Waals surface area contributed by atoms with Crippen LogP contribution >= 0.6 is 11.6 Å². The Kier molecular flexibility index (Phi) is 6.16. The number of hydrogen-bond donors (Lipinski definition) is 1. The summed E-state index contributed by atoms with van der Waals surface area (Å²) in [5.74, 6) is 1.07. The van der Waals surface area contributed by atoms with E-state index in [-0.39, 0.29) is 5.91 Å². The van der Waals surface area contributed by atoms with Crippen molar-refractivity contribution in [3.8, 4) is 5.75 Å². The summed E-state index contributed by atoms with van der Waals surface area (Å²) in [5, 5.41) is 2.25. The lowest BCUT2D eigenvalue weighted by atomic mass is 10.1. The molecule has 0 aliphatic heterocycles. The molecule has 0 aromatic heterocycles. The zero-order valence-corrected chi connectivity index (χ0v) is 12.8. The van der Waals surface area contributed by atoms with Gasteiger partial charge in [-0.25, -0.2) is 0 Å². The molecule has 0 bridgehead atoms. The topological polar surface area (TPSA) is 38.3 Å². The quantitative estimate of drug-likeness (QED) is 0.802. The van der Waals surface area contributed by atoms with Gasteiger partial charge >= 0.3 is 0 Å². The third-order valence-corrected chi connectivity index (χ3v) is 3.00. The van der Waals surface area contributed by atoms with Gasteiger partial charge in [-0.2, -0.15) is 0 Å². The first-order chi connectivity index (χ1) is 8.91. The second kappa shape index (κ2) is 7.39. The van der Waals surface area contributed by atoms with Crippen LogP contribution in [0.5, 0.6) is 5.75 Å². The smallest absolute Gasteiger partial charge is 0.242 e. The fourth-order valence-electron chi connectivity index (χ4n) is 1.55. The van der Waals surface area contributed by atoms with E-state index in [1.54, 1.807) is 6.92 Å². The van der Waals surface area contributed by atoms with Crippen LogP contribution in [0, 0.1) is 12.8 Å². The maximum Gasteiger partial charge on any atom is 0.242 e. The van der Waals surface area contributed by atoms with Crippen molar-refractivity contribution in [2.45, 2.75) is 39.5 Å². The van der Waals surface area contributed by atoms with Gasteiger partial charge in [0.05, 0.1) is 12.3 Å². The molecule has 19 heavy (non-hydrogen) atoms. The number of carbonyl (C=O) groups is 1. The van der Waals surface area contributed by atoms with Gasteiger partial charge in [-0.1, -0.05) is 26.0 Å². The average Bonchev–Trinajstić information content (AvgIpc) is 2.32. The van der Waals surface area contributed by atoms with Gasteiger partial charge in [0, 0.05) is 0 Å². The summed E-state index contributed by atoms with van der Waals surface area (Å²) in [5.41, 5.74) is 1.68. The van der Waals surface area contributed by atoms with Crippen LogP contribution < -0.4 is 10.1 Å². The van der Waals surface area contributed by atoms with Crippen LogP contribution in [-0.4, -0.2) is 17.9 Å². The number of anilines is 1. The van der Waals surface area contributed by atoms with Crippen LogP contribution in [0.2, 0.25) is 0 Å². The summed E-state index contributed by atoms with van der Waals surface area (Å²) in [6, 6.07) is 5.71. The minimum absolute atomic E-state index is 0.218. The Bertz CT molecular complexity index is 430. The van der Waals surface area contributed by atoms with Crippen LogP contribution in [0.1, 0.15) is 32.8 Å². The zero-order chi connectivity index (χ0) is 14.4. The molecule has 1 N–H and O–H groups in total. The van der Waals surface area contributed by atoms with Crippen molar-refractivity contribution in [3.05, 3.63) is 23.8 Å². The third kappa shape index (κ3) is 5.11. The molecule has 0 aliphatic rings. The molecule has 0 saturated carbocycles. The molecule has 1 aromatic rings. The first kappa shape index (κ1) is 15.8. The number of alkyl halides is 1. The fraction of sp³-hybridized carbons (Fsp3) is 0.533. The molecule has 106 valence electrons. The molecular weight excluding hydrogens is 262 g/mol. The standard InChI is InChI=1S/C15H22ClNO2/c1-10(2)8-9-19-13-7-5-6-11(3)14(13)17-15(18)12(4)16/h5-7,10,12H,8-9H2,1-4H3,(H,17,18). The number of hydrogen-bond acceptors (Lipinski definition) is 2. The summed E-state index contributed by atoms with van der Waals surface area (Å²) in [6.07, 6.45) is 0.979. The molecule has 1 amide bonds. The highest BCUT2D eigenvalue weighted by Gasteiger charge is 2.14. The largest absolute Gasteiger partial charge is 0.491 e. The molecule has 1 atom stereocenters. The van der Waals surface area contributed by atoms with Gasteiger partial charge in [0.25, 0.3) is 0 Å². The summed E-state index contributed by atoms with van der Waals surface area (Å²) in [7, 11) is 0. The first-order valence-electron chi connectivity index (χ1n) is 6.59. The Hall–Kier alpha value is -1.22. The van der Waals surface area contributed by atoms with Crippen molar-refractivity contribution in [3.63, 3.8) is 0 Å². The Morgan fingerprint density at radius 3 is 2.63 bits per heavy atom. The number of carbonyl (C=O) groups excluding carboxylic acids is 1. The van der Waals surface area contributed by atoms with E-state index in [2.05, 4.69) is 19.2 Å². The number of amides is 1. The van der Waals surface area contributed by atoms with Gasteiger partial charge in [0.15, 0.2) is 0 Å². The van der Waals surface area contributed by atoms with E-state index in [4.69, 9.17) is 16.3 Å². The third-order valence-electron chi connectivity index (χ3n) is 2.80. The number of nitrogens with one attached hydrogen (secondary N) is 1. The van der Waals surface area contributed by atoms with Gasteiger partial charge in [-0.05, 0) is 37.8 Å². The normalized spacial score (nSPS) is 12.3. The van der Waals surface area contributed by atoms with E-state index in [0.717, 1.165) is 12.0 Å². The van der Waals surface area contributed by atoms with Gasteiger partial charge in [-0.3, -0.25) is 4.79 Å². The lowest BCUT2D eigenvalue weighted by Gasteiger charge is -2.16. The van der Waals surface area contributed by atoms with Crippen molar-refractivity contribution >= 4 is 23.2 Å². The van der Waals surface area contributed by atoms with Crippen LogP contribution in [-0.2, 0) is 4.79 Å². The van der Waals surface area contributed by atoms with Crippen LogP contribution in [0.25, 0.3) is 0 Å².